The summed E-state index contributed by atoms with van der Waals surface area (Å²) in [7, 11) is 0. The first-order valence-electron chi connectivity index (χ1n) is 5.04. The number of benzene rings is 2. The first-order valence-corrected chi connectivity index (χ1v) is 6.59. The maximum absolute atomic E-state index is 10.9. The molecule has 0 amide bonds. The van der Waals surface area contributed by atoms with E-state index < -0.39 is 4.92 Å². The van der Waals surface area contributed by atoms with E-state index in [-0.39, 0.29) is 16.5 Å². The van der Waals surface area contributed by atoms with E-state index in [1.165, 1.54) is 18.2 Å². The topological polar surface area (TPSA) is 52.4 Å². The van der Waals surface area contributed by atoms with E-state index in [2.05, 4.69) is 15.9 Å². The lowest BCUT2D eigenvalue weighted by Crippen LogP contribution is -1.93. The van der Waals surface area contributed by atoms with Crippen molar-refractivity contribution in [2.45, 2.75) is 0 Å². The summed E-state index contributed by atoms with van der Waals surface area (Å²) < 4.78 is 6.11. The summed E-state index contributed by atoms with van der Waals surface area (Å²) in [5.74, 6) is 0.534. The maximum atomic E-state index is 10.9. The SMILES string of the molecule is O=[N+]([O-])c1cc(Cl)ccc1Oc1ccc(Cl)cc1Br. The molecule has 0 heterocycles. The third kappa shape index (κ3) is 3.37. The van der Waals surface area contributed by atoms with Crippen LogP contribution in [0.2, 0.25) is 10.0 Å². The van der Waals surface area contributed by atoms with Gasteiger partial charge in [0.1, 0.15) is 5.75 Å². The Bertz CT molecular complexity index is 649. The Labute approximate surface area is 127 Å². The zero-order chi connectivity index (χ0) is 14.0. The van der Waals surface area contributed by atoms with Gasteiger partial charge in [0.25, 0.3) is 0 Å². The molecule has 0 bridgehead atoms. The fourth-order valence-corrected chi connectivity index (χ4v) is 2.33. The molecule has 4 nitrogen and oxygen atoms in total. The number of hydrogen-bond acceptors (Lipinski definition) is 3. The van der Waals surface area contributed by atoms with Gasteiger partial charge in [0, 0.05) is 16.1 Å². The minimum Gasteiger partial charge on any atom is -0.449 e. The highest BCUT2D eigenvalue weighted by atomic mass is 79.9. The molecule has 2 rings (SSSR count). The summed E-state index contributed by atoms with van der Waals surface area (Å²) in [6.07, 6.45) is 0. The van der Waals surface area contributed by atoms with E-state index in [1.807, 2.05) is 0 Å². The van der Waals surface area contributed by atoms with Crippen molar-refractivity contribution in [2.24, 2.45) is 0 Å². The van der Waals surface area contributed by atoms with Crippen LogP contribution >= 0.6 is 39.1 Å². The van der Waals surface area contributed by atoms with Crippen molar-refractivity contribution in [3.8, 4) is 11.5 Å². The molecular weight excluding hydrogens is 357 g/mol. The molecule has 0 aliphatic carbocycles. The van der Waals surface area contributed by atoms with Crippen LogP contribution in [-0.2, 0) is 0 Å². The zero-order valence-electron chi connectivity index (χ0n) is 9.27. The van der Waals surface area contributed by atoms with E-state index in [9.17, 15) is 10.1 Å². The first kappa shape index (κ1) is 14.1. The Morgan fingerprint density at radius 1 is 1.05 bits per heavy atom. The highest BCUT2D eigenvalue weighted by Crippen LogP contribution is 2.37. The molecule has 0 fully saturated rings. The lowest BCUT2D eigenvalue weighted by molar-refractivity contribution is -0.385. The minimum atomic E-state index is -0.551. The van der Waals surface area contributed by atoms with Crippen molar-refractivity contribution in [1.82, 2.24) is 0 Å². The van der Waals surface area contributed by atoms with E-state index in [0.29, 0.717) is 15.2 Å². The van der Waals surface area contributed by atoms with Crippen molar-refractivity contribution < 1.29 is 9.66 Å². The van der Waals surface area contributed by atoms with Gasteiger partial charge in [-0.15, -0.1) is 0 Å². The van der Waals surface area contributed by atoms with Crippen molar-refractivity contribution >= 4 is 44.8 Å². The molecule has 0 aliphatic heterocycles. The monoisotopic (exact) mass is 361 g/mol. The van der Waals surface area contributed by atoms with Crippen LogP contribution in [-0.4, -0.2) is 4.92 Å². The highest BCUT2D eigenvalue weighted by molar-refractivity contribution is 9.10. The fraction of sp³-hybridized carbons (Fsp3) is 0. The molecule has 19 heavy (non-hydrogen) atoms. The first-order chi connectivity index (χ1) is 8.97. The molecule has 98 valence electrons. The van der Waals surface area contributed by atoms with Crippen molar-refractivity contribution in [1.29, 1.82) is 0 Å². The van der Waals surface area contributed by atoms with E-state index >= 15 is 0 Å². The summed E-state index contributed by atoms with van der Waals surface area (Å²) in [5.41, 5.74) is -0.200. The molecule has 0 unspecified atom stereocenters. The summed E-state index contributed by atoms with van der Waals surface area (Å²) >= 11 is 14.8. The van der Waals surface area contributed by atoms with Crippen LogP contribution in [0, 0.1) is 10.1 Å². The van der Waals surface area contributed by atoms with Crippen LogP contribution in [0.25, 0.3) is 0 Å². The lowest BCUT2D eigenvalue weighted by atomic mass is 10.3. The second kappa shape index (κ2) is 5.77. The Morgan fingerprint density at radius 3 is 2.21 bits per heavy atom. The van der Waals surface area contributed by atoms with Gasteiger partial charge >= 0.3 is 5.69 Å². The Balaban J connectivity index is 2.40. The van der Waals surface area contributed by atoms with Crippen molar-refractivity contribution in [3.05, 3.63) is 61.0 Å². The van der Waals surface area contributed by atoms with Gasteiger partial charge in [-0.05, 0) is 46.3 Å². The Hall–Kier alpha value is -1.30. The molecule has 2 aromatic rings. The summed E-state index contributed by atoms with van der Waals surface area (Å²) in [4.78, 5) is 10.4. The average molecular weight is 363 g/mol. The predicted molar refractivity (Wildman–Crippen MR) is 77.3 cm³/mol. The quantitative estimate of drug-likeness (QED) is 0.538. The van der Waals surface area contributed by atoms with Gasteiger partial charge in [0.05, 0.1) is 9.40 Å². The number of hydrogen-bond donors (Lipinski definition) is 0. The third-order valence-electron chi connectivity index (χ3n) is 2.23. The number of rotatable bonds is 3. The van der Waals surface area contributed by atoms with Gasteiger partial charge in [-0.25, -0.2) is 0 Å². The van der Waals surface area contributed by atoms with Crippen LogP contribution in [0.15, 0.2) is 40.9 Å². The van der Waals surface area contributed by atoms with E-state index in [0.717, 1.165) is 0 Å². The van der Waals surface area contributed by atoms with Gasteiger partial charge in [-0.1, -0.05) is 23.2 Å². The normalized spacial score (nSPS) is 10.3. The van der Waals surface area contributed by atoms with Gasteiger partial charge in [-0.2, -0.15) is 0 Å². The average Bonchev–Trinajstić information content (AvgIpc) is 2.34. The largest absolute Gasteiger partial charge is 0.449 e. The zero-order valence-corrected chi connectivity index (χ0v) is 12.4. The molecule has 0 N–H and O–H groups in total. The number of nitro benzene ring substituents is 1. The van der Waals surface area contributed by atoms with Gasteiger partial charge < -0.3 is 4.74 Å². The molecule has 0 saturated carbocycles. The molecule has 0 spiro atoms. The maximum Gasteiger partial charge on any atom is 0.313 e. The number of halogens is 3. The van der Waals surface area contributed by atoms with Crippen LogP contribution < -0.4 is 4.74 Å². The minimum absolute atomic E-state index is 0.109. The highest BCUT2D eigenvalue weighted by Gasteiger charge is 2.17. The van der Waals surface area contributed by atoms with Crippen LogP contribution in [0.4, 0.5) is 5.69 Å². The molecule has 0 radical (unpaired) electrons. The number of ether oxygens (including phenoxy) is 1. The van der Waals surface area contributed by atoms with Crippen LogP contribution in [0.1, 0.15) is 0 Å². The molecule has 0 atom stereocenters. The Kier molecular flexibility index (Phi) is 4.29. The second-order valence-corrected chi connectivity index (χ2v) is 5.27. The Morgan fingerprint density at radius 2 is 1.63 bits per heavy atom. The number of nitrogens with zero attached hydrogens (tertiary/aromatic N) is 1. The third-order valence-corrected chi connectivity index (χ3v) is 3.32. The molecule has 0 aromatic heterocycles. The number of nitro groups is 1. The van der Waals surface area contributed by atoms with E-state index in [4.69, 9.17) is 27.9 Å². The summed E-state index contributed by atoms with van der Waals surface area (Å²) in [5, 5.41) is 11.7. The lowest BCUT2D eigenvalue weighted by Gasteiger charge is -2.08. The van der Waals surface area contributed by atoms with Gasteiger partial charge in [-0.3, -0.25) is 10.1 Å². The second-order valence-electron chi connectivity index (χ2n) is 3.55. The van der Waals surface area contributed by atoms with Gasteiger partial charge in [0.15, 0.2) is 0 Å². The molecule has 0 saturated heterocycles. The van der Waals surface area contributed by atoms with Crippen LogP contribution in [0.5, 0.6) is 11.5 Å². The van der Waals surface area contributed by atoms with Crippen LogP contribution in [0.3, 0.4) is 0 Å². The molecule has 7 heteroatoms. The van der Waals surface area contributed by atoms with E-state index in [1.54, 1.807) is 18.2 Å². The van der Waals surface area contributed by atoms with Crippen molar-refractivity contribution in [2.75, 3.05) is 0 Å². The summed E-state index contributed by atoms with van der Waals surface area (Å²) in [6.45, 7) is 0. The van der Waals surface area contributed by atoms with Crippen molar-refractivity contribution in [3.63, 3.8) is 0 Å². The molecule has 2 aromatic carbocycles. The molecular formula is C12H6BrCl2NO3. The summed E-state index contributed by atoms with van der Waals surface area (Å²) in [6, 6.07) is 9.09. The smallest absolute Gasteiger partial charge is 0.313 e. The predicted octanol–water partition coefficient (Wildman–Crippen LogP) is 5.46. The molecule has 0 aliphatic rings. The fourth-order valence-electron chi connectivity index (χ4n) is 1.40. The van der Waals surface area contributed by atoms with Gasteiger partial charge in [0.2, 0.25) is 5.75 Å². The standard InChI is InChI=1S/C12H6BrCl2NO3/c13-9-5-7(14)1-3-11(9)19-12-4-2-8(15)6-10(12)16(17)18/h1-6H.